The Morgan fingerprint density at radius 2 is 2.16 bits per heavy atom. The van der Waals surface area contributed by atoms with Crippen LogP contribution in [-0.4, -0.2) is 23.6 Å². The van der Waals surface area contributed by atoms with Crippen LogP contribution < -0.4 is 10.6 Å². The van der Waals surface area contributed by atoms with E-state index in [2.05, 4.69) is 0 Å². The number of carbonyl (C=O) groups is 1. The minimum absolute atomic E-state index is 0.0346. The smallest absolute Gasteiger partial charge is 0.231 e. The third-order valence-electron chi connectivity index (χ3n) is 3.86. The molecule has 19 heavy (non-hydrogen) atoms. The van der Waals surface area contributed by atoms with Gasteiger partial charge in [-0.2, -0.15) is 0 Å². The average molecular weight is 262 g/mol. The van der Waals surface area contributed by atoms with E-state index < -0.39 is 0 Å². The number of phenols is 1. The Balaban J connectivity index is 2.19. The van der Waals surface area contributed by atoms with Crippen LogP contribution in [0.4, 0.5) is 5.69 Å². The molecule has 0 aromatic heterocycles. The summed E-state index contributed by atoms with van der Waals surface area (Å²) < 4.78 is 0. The zero-order valence-corrected chi connectivity index (χ0v) is 11.4. The maximum absolute atomic E-state index is 12.6. The van der Waals surface area contributed by atoms with E-state index in [9.17, 15) is 9.90 Å². The highest BCUT2D eigenvalue weighted by Gasteiger charge is 2.31. The molecule has 0 aliphatic heterocycles. The summed E-state index contributed by atoms with van der Waals surface area (Å²) >= 11 is 0. The second kappa shape index (κ2) is 6.06. The number of hydrogen-bond acceptors (Lipinski definition) is 3. The first-order valence-corrected chi connectivity index (χ1v) is 6.99. The van der Waals surface area contributed by atoms with Gasteiger partial charge in [0.1, 0.15) is 5.75 Å². The molecule has 104 valence electrons. The van der Waals surface area contributed by atoms with E-state index in [0.29, 0.717) is 6.54 Å². The first kappa shape index (κ1) is 13.9. The van der Waals surface area contributed by atoms with Crippen LogP contribution in [0.1, 0.15) is 32.6 Å². The molecule has 0 bridgehead atoms. The van der Waals surface area contributed by atoms with Crippen LogP contribution in [0.15, 0.2) is 24.3 Å². The SMILES string of the molecule is CCN(C(=O)C1CCCCC1N)c1cccc(O)c1. The lowest BCUT2D eigenvalue weighted by Crippen LogP contribution is -2.45. The highest BCUT2D eigenvalue weighted by atomic mass is 16.3. The van der Waals surface area contributed by atoms with Crippen molar-refractivity contribution in [3.63, 3.8) is 0 Å². The molecule has 0 heterocycles. The number of phenolic OH excluding ortho intramolecular Hbond substituents is 1. The van der Waals surface area contributed by atoms with Gasteiger partial charge in [-0.25, -0.2) is 0 Å². The summed E-state index contributed by atoms with van der Waals surface area (Å²) in [5.41, 5.74) is 6.82. The van der Waals surface area contributed by atoms with Crippen molar-refractivity contribution in [2.75, 3.05) is 11.4 Å². The minimum Gasteiger partial charge on any atom is -0.508 e. The molecule has 1 fully saturated rings. The fraction of sp³-hybridized carbons (Fsp3) is 0.533. The van der Waals surface area contributed by atoms with Gasteiger partial charge < -0.3 is 15.7 Å². The molecule has 1 amide bonds. The summed E-state index contributed by atoms with van der Waals surface area (Å²) in [6.07, 6.45) is 3.98. The summed E-state index contributed by atoms with van der Waals surface area (Å²) in [4.78, 5) is 14.3. The molecule has 2 rings (SSSR count). The molecular weight excluding hydrogens is 240 g/mol. The van der Waals surface area contributed by atoms with Gasteiger partial charge in [0.25, 0.3) is 0 Å². The fourth-order valence-electron chi connectivity index (χ4n) is 2.79. The van der Waals surface area contributed by atoms with Crippen molar-refractivity contribution in [2.24, 2.45) is 11.7 Å². The average Bonchev–Trinajstić information content (AvgIpc) is 2.40. The second-order valence-electron chi connectivity index (χ2n) is 5.16. The van der Waals surface area contributed by atoms with E-state index >= 15 is 0 Å². The molecule has 1 aromatic rings. The Labute approximate surface area is 114 Å². The molecule has 2 atom stereocenters. The monoisotopic (exact) mass is 262 g/mol. The number of benzene rings is 1. The van der Waals surface area contributed by atoms with E-state index in [1.165, 1.54) is 0 Å². The summed E-state index contributed by atoms with van der Waals surface area (Å²) in [5.74, 6) is 0.174. The molecule has 1 aliphatic carbocycles. The predicted molar refractivity (Wildman–Crippen MR) is 76.1 cm³/mol. The van der Waals surface area contributed by atoms with E-state index in [1.54, 1.807) is 23.1 Å². The zero-order chi connectivity index (χ0) is 13.8. The molecule has 4 nitrogen and oxygen atoms in total. The van der Waals surface area contributed by atoms with E-state index in [4.69, 9.17) is 5.73 Å². The van der Waals surface area contributed by atoms with Gasteiger partial charge in [-0.1, -0.05) is 18.9 Å². The quantitative estimate of drug-likeness (QED) is 0.878. The van der Waals surface area contributed by atoms with Crippen LogP contribution in [-0.2, 0) is 4.79 Å². The Morgan fingerprint density at radius 3 is 2.79 bits per heavy atom. The lowest BCUT2D eigenvalue weighted by molar-refractivity contribution is -0.123. The fourth-order valence-corrected chi connectivity index (χ4v) is 2.79. The Bertz CT molecular complexity index is 448. The number of carbonyl (C=O) groups excluding carboxylic acids is 1. The van der Waals surface area contributed by atoms with Crippen molar-refractivity contribution in [1.29, 1.82) is 0 Å². The van der Waals surface area contributed by atoms with Gasteiger partial charge in [0.15, 0.2) is 0 Å². The second-order valence-corrected chi connectivity index (χ2v) is 5.16. The van der Waals surface area contributed by atoms with Crippen LogP contribution in [0.2, 0.25) is 0 Å². The number of nitrogens with two attached hydrogens (primary N) is 1. The maximum Gasteiger partial charge on any atom is 0.231 e. The molecule has 1 aromatic carbocycles. The van der Waals surface area contributed by atoms with Crippen molar-refractivity contribution in [3.8, 4) is 5.75 Å². The molecular formula is C15H22N2O2. The van der Waals surface area contributed by atoms with Crippen molar-refractivity contribution >= 4 is 11.6 Å². The molecule has 4 heteroatoms. The molecule has 3 N–H and O–H groups in total. The summed E-state index contributed by atoms with van der Waals surface area (Å²) in [6, 6.07) is 6.79. The van der Waals surface area contributed by atoms with Gasteiger partial charge in [0.2, 0.25) is 5.91 Å². The normalized spacial score (nSPS) is 23.1. The standard InChI is InChI=1S/C15H22N2O2/c1-2-17(11-6-5-7-12(18)10-11)15(19)13-8-3-4-9-14(13)16/h5-7,10,13-14,18H,2-4,8-9,16H2,1H3. The van der Waals surface area contributed by atoms with Crippen LogP contribution in [0, 0.1) is 5.92 Å². The molecule has 0 saturated heterocycles. The molecule has 1 aliphatic rings. The van der Waals surface area contributed by atoms with Gasteiger partial charge in [0, 0.05) is 24.3 Å². The number of amides is 1. The third kappa shape index (κ3) is 3.07. The van der Waals surface area contributed by atoms with Gasteiger partial charge in [-0.3, -0.25) is 4.79 Å². The number of aromatic hydroxyl groups is 1. The maximum atomic E-state index is 12.6. The van der Waals surface area contributed by atoms with E-state index in [-0.39, 0.29) is 23.6 Å². The lowest BCUT2D eigenvalue weighted by Gasteiger charge is -2.32. The Kier molecular flexibility index (Phi) is 4.43. The number of nitrogens with zero attached hydrogens (tertiary/aromatic N) is 1. The summed E-state index contributed by atoms with van der Waals surface area (Å²) in [6.45, 7) is 2.53. The van der Waals surface area contributed by atoms with Crippen molar-refractivity contribution in [2.45, 2.75) is 38.6 Å². The summed E-state index contributed by atoms with van der Waals surface area (Å²) in [5, 5.41) is 9.54. The van der Waals surface area contributed by atoms with Gasteiger partial charge in [-0.05, 0) is 31.9 Å². The first-order chi connectivity index (χ1) is 9.13. The largest absolute Gasteiger partial charge is 0.508 e. The zero-order valence-electron chi connectivity index (χ0n) is 11.4. The highest BCUT2D eigenvalue weighted by molar-refractivity contribution is 5.95. The number of anilines is 1. The van der Waals surface area contributed by atoms with Gasteiger partial charge >= 0.3 is 0 Å². The number of rotatable bonds is 3. The van der Waals surface area contributed by atoms with Crippen molar-refractivity contribution in [1.82, 2.24) is 0 Å². The topological polar surface area (TPSA) is 66.6 Å². The van der Waals surface area contributed by atoms with E-state index in [1.807, 2.05) is 13.0 Å². The van der Waals surface area contributed by atoms with Crippen LogP contribution >= 0.6 is 0 Å². The van der Waals surface area contributed by atoms with Gasteiger partial charge in [0.05, 0.1) is 5.92 Å². The Hall–Kier alpha value is -1.55. The van der Waals surface area contributed by atoms with Gasteiger partial charge in [-0.15, -0.1) is 0 Å². The number of hydrogen-bond donors (Lipinski definition) is 2. The molecule has 0 radical (unpaired) electrons. The summed E-state index contributed by atoms with van der Waals surface area (Å²) in [7, 11) is 0. The van der Waals surface area contributed by atoms with Crippen LogP contribution in [0.3, 0.4) is 0 Å². The van der Waals surface area contributed by atoms with Crippen LogP contribution in [0.5, 0.6) is 5.75 Å². The first-order valence-electron chi connectivity index (χ1n) is 6.99. The van der Waals surface area contributed by atoms with E-state index in [0.717, 1.165) is 31.4 Å². The van der Waals surface area contributed by atoms with Crippen molar-refractivity contribution in [3.05, 3.63) is 24.3 Å². The Morgan fingerprint density at radius 1 is 1.42 bits per heavy atom. The lowest BCUT2D eigenvalue weighted by atomic mass is 9.84. The molecule has 0 spiro atoms. The van der Waals surface area contributed by atoms with Crippen molar-refractivity contribution < 1.29 is 9.90 Å². The molecule has 1 saturated carbocycles. The highest BCUT2D eigenvalue weighted by Crippen LogP contribution is 2.28. The predicted octanol–water partition coefficient (Wildman–Crippen LogP) is 2.26. The minimum atomic E-state index is -0.0870. The third-order valence-corrected chi connectivity index (χ3v) is 3.86. The molecule has 2 unspecified atom stereocenters. The van der Waals surface area contributed by atoms with Crippen LogP contribution in [0.25, 0.3) is 0 Å².